The topological polar surface area (TPSA) is 8.17 Å². The first-order valence-corrected chi connectivity index (χ1v) is 28.3. The summed E-state index contributed by atoms with van der Waals surface area (Å²) in [5, 5.41) is 4.90. The van der Waals surface area contributed by atoms with Crippen LogP contribution in [0.5, 0.6) is 0 Å². The first-order chi connectivity index (χ1) is 39.0. The molecule has 0 N–H and O–H groups in total. The average Bonchev–Trinajstić information content (AvgIpc) is 3.61. The average molecular weight is 1020 g/mol. The Balaban J connectivity index is 0.891. The molecule has 12 aromatic rings. The molecular formula is C77H64N2. The Labute approximate surface area is 465 Å². The predicted octanol–water partition coefficient (Wildman–Crippen LogP) is 21.2. The number of rotatable bonds is 17. The van der Waals surface area contributed by atoms with Gasteiger partial charge in [-0.3, -0.25) is 0 Å². The minimum Gasteiger partial charge on any atom is -0.310 e. The van der Waals surface area contributed by atoms with Gasteiger partial charge >= 0.3 is 0 Å². The molecule has 79 heavy (non-hydrogen) atoms. The van der Waals surface area contributed by atoms with Crippen molar-refractivity contribution in [1.29, 1.82) is 0 Å². The third-order valence-corrected chi connectivity index (χ3v) is 17.1. The van der Waals surface area contributed by atoms with Crippen LogP contribution in [-0.4, -0.2) is 4.57 Å². The van der Waals surface area contributed by atoms with E-state index in [0.29, 0.717) is 5.92 Å². The van der Waals surface area contributed by atoms with Gasteiger partial charge in [0.15, 0.2) is 0 Å². The minimum absolute atomic E-state index is 0.316. The fourth-order valence-corrected chi connectivity index (χ4v) is 13.0. The first-order valence-electron chi connectivity index (χ1n) is 28.3. The number of hydrogen-bond acceptors (Lipinski definition) is 1. The van der Waals surface area contributed by atoms with E-state index in [1.807, 2.05) is 12.2 Å². The zero-order chi connectivity index (χ0) is 53.3. The van der Waals surface area contributed by atoms with Gasteiger partial charge in [-0.2, -0.15) is 0 Å². The maximum atomic E-state index is 3.98. The highest BCUT2D eigenvalue weighted by atomic mass is 15.1. The van der Waals surface area contributed by atoms with Crippen molar-refractivity contribution >= 4 is 61.8 Å². The van der Waals surface area contributed by atoms with Gasteiger partial charge in [-0.1, -0.05) is 240 Å². The van der Waals surface area contributed by atoms with Gasteiger partial charge in [0.05, 0.1) is 11.0 Å². The first kappa shape index (κ1) is 49.3. The highest BCUT2D eigenvalue weighted by Gasteiger charge is 2.44. The molecule has 0 spiro atoms. The highest BCUT2D eigenvalue weighted by Crippen LogP contribution is 2.56. The van der Waals surface area contributed by atoms with Crippen LogP contribution in [0.1, 0.15) is 72.4 Å². The van der Waals surface area contributed by atoms with E-state index >= 15 is 0 Å². The van der Waals surface area contributed by atoms with Crippen molar-refractivity contribution < 1.29 is 0 Å². The quantitative estimate of drug-likeness (QED) is 0.0825. The van der Waals surface area contributed by atoms with Crippen molar-refractivity contribution in [1.82, 2.24) is 4.57 Å². The molecule has 1 aliphatic carbocycles. The van der Waals surface area contributed by atoms with E-state index in [1.54, 1.807) is 0 Å². The number of fused-ring (bicyclic) bond motifs is 7. The molecule has 13 rings (SSSR count). The number of unbranched alkanes of at least 4 members (excludes halogenated alkanes) is 1. The van der Waals surface area contributed by atoms with Gasteiger partial charge in [0, 0.05) is 38.9 Å². The molecular weight excluding hydrogens is 953 g/mol. The van der Waals surface area contributed by atoms with Crippen LogP contribution in [0.3, 0.4) is 0 Å². The largest absolute Gasteiger partial charge is 0.310 e. The third kappa shape index (κ3) is 9.18. The number of nitrogens with zero attached hydrogens (tertiary/aromatic N) is 2. The molecule has 2 nitrogen and oxygen atoms in total. The monoisotopic (exact) mass is 1020 g/mol. The number of para-hydroxylation sites is 1. The van der Waals surface area contributed by atoms with E-state index < -0.39 is 0 Å². The lowest BCUT2D eigenvalue weighted by Gasteiger charge is -2.34. The smallest absolute Gasteiger partial charge is 0.0541 e. The molecule has 0 saturated heterocycles. The van der Waals surface area contributed by atoms with Crippen LogP contribution >= 0.6 is 0 Å². The molecule has 1 heterocycles. The van der Waals surface area contributed by atoms with Gasteiger partial charge in [0.1, 0.15) is 0 Å². The summed E-state index contributed by atoms with van der Waals surface area (Å²) in [6, 6.07) is 95.0. The Kier molecular flexibility index (Phi) is 13.3. The molecule has 382 valence electrons. The Hall–Kier alpha value is -9.24. The number of benzene rings is 11. The molecule has 11 aromatic carbocycles. The maximum absolute atomic E-state index is 3.98. The molecule has 2 heteroatoms. The van der Waals surface area contributed by atoms with Crippen LogP contribution in [0.4, 0.5) is 17.1 Å². The number of hydrogen-bond donors (Lipinski definition) is 0. The van der Waals surface area contributed by atoms with Gasteiger partial charge in [-0.05, 0) is 169 Å². The van der Waals surface area contributed by atoms with E-state index in [2.05, 4.69) is 284 Å². The van der Waals surface area contributed by atoms with Crippen LogP contribution in [0.15, 0.2) is 268 Å². The SMILES string of the molecule is C=Cc1ccc(CC(CC)CCCCC2(c3ccccc3)c3ccccc3-c3ccc(N(c4ccc(-c5ccc6c(c5)c5cc(-c7ccc(C=C)cc7)ccc5n6-c5ccccc5)cc4)c4ccc5ccccc5c4)cc32)cc1. The Morgan fingerprint density at radius 1 is 0.456 bits per heavy atom. The van der Waals surface area contributed by atoms with Gasteiger partial charge < -0.3 is 9.47 Å². The lowest BCUT2D eigenvalue weighted by molar-refractivity contribution is 0.423. The van der Waals surface area contributed by atoms with Crippen molar-refractivity contribution in [2.45, 2.75) is 50.9 Å². The summed E-state index contributed by atoms with van der Waals surface area (Å²) in [5.41, 5.74) is 21.8. The second-order valence-corrected chi connectivity index (χ2v) is 21.6. The fourth-order valence-electron chi connectivity index (χ4n) is 13.0. The summed E-state index contributed by atoms with van der Waals surface area (Å²) in [5.74, 6) is 0.642. The Morgan fingerprint density at radius 2 is 1.00 bits per heavy atom. The normalized spacial score (nSPS) is 14.0. The highest BCUT2D eigenvalue weighted by molar-refractivity contribution is 6.11. The zero-order valence-corrected chi connectivity index (χ0v) is 45.0. The summed E-state index contributed by atoms with van der Waals surface area (Å²) in [6.07, 6.45) is 10.7. The summed E-state index contributed by atoms with van der Waals surface area (Å²) in [7, 11) is 0. The lowest BCUT2D eigenvalue weighted by Crippen LogP contribution is -2.27. The van der Waals surface area contributed by atoms with E-state index in [9.17, 15) is 0 Å². The maximum Gasteiger partial charge on any atom is 0.0541 e. The Bertz CT molecular complexity index is 4170. The van der Waals surface area contributed by atoms with E-state index in [-0.39, 0.29) is 5.41 Å². The lowest BCUT2D eigenvalue weighted by atomic mass is 9.69. The summed E-state index contributed by atoms with van der Waals surface area (Å²) < 4.78 is 2.40. The van der Waals surface area contributed by atoms with E-state index in [1.165, 1.54) is 113 Å². The molecule has 0 fully saturated rings. The second-order valence-electron chi connectivity index (χ2n) is 21.6. The van der Waals surface area contributed by atoms with Crippen molar-refractivity contribution in [3.8, 4) is 39.1 Å². The van der Waals surface area contributed by atoms with E-state index in [4.69, 9.17) is 0 Å². The van der Waals surface area contributed by atoms with Crippen LogP contribution in [0.2, 0.25) is 0 Å². The van der Waals surface area contributed by atoms with Crippen molar-refractivity contribution in [2.75, 3.05) is 4.90 Å². The van der Waals surface area contributed by atoms with Crippen molar-refractivity contribution in [3.63, 3.8) is 0 Å². The molecule has 1 aliphatic rings. The fraction of sp³-hybridized carbons (Fsp3) is 0.117. The Morgan fingerprint density at radius 3 is 1.67 bits per heavy atom. The van der Waals surface area contributed by atoms with Crippen molar-refractivity contribution in [3.05, 3.63) is 301 Å². The second kappa shape index (κ2) is 21.3. The molecule has 2 unspecified atom stereocenters. The number of aromatic nitrogens is 1. The zero-order valence-electron chi connectivity index (χ0n) is 45.0. The van der Waals surface area contributed by atoms with Gasteiger partial charge in [0.2, 0.25) is 0 Å². The molecule has 0 aliphatic heterocycles. The van der Waals surface area contributed by atoms with E-state index in [0.717, 1.165) is 47.6 Å². The van der Waals surface area contributed by atoms with Crippen LogP contribution in [0, 0.1) is 5.92 Å². The minimum atomic E-state index is -0.316. The van der Waals surface area contributed by atoms with Gasteiger partial charge in [-0.25, -0.2) is 0 Å². The predicted molar refractivity (Wildman–Crippen MR) is 338 cm³/mol. The van der Waals surface area contributed by atoms with Crippen LogP contribution < -0.4 is 4.90 Å². The molecule has 0 amide bonds. The van der Waals surface area contributed by atoms with Gasteiger partial charge in [-0.15, -0.1) is 0 Å². The van der Waals surface area contributed by atoms with Crippen LogP contribution in [0.25, 0.3) is 83.8 Å². The molecule has 0 bridgehead atoms. The molecule has 0 saturated carbocycles. The molecule has 2 atom stereocenters. The van der Waals surface area contributed by atoms with Crippen LogP contribution in [-0.2, 0) is 11.8 Å². The summed E-state index contributed by atoms with van der Waals surface area (Å²) >= 11 is 0. The summed E-state index contributed by atoms with van der Waals surface area (Å²) in [4.78, 5) is 2.47. The number of anilines is 3. The summed E-state index contributed by atoms with van der Waals surface area (Å²) in [6.45, 7) is 10.3. The standard InChI is InChI=1S/C77H64N2/c1-4-54-28-30-57(31-29-54)49-56(6-3)19-17-18-48-77(64-22-9-7-10-23-64)73-27-16-15-26-69(73)70-45-44-68(53-74(70)77)78(67-43-38-58-20-13-14-21-61(58)50-67)66-41-36-60(37-42-66)63-40-47-76-72(52-63)71-51-62(59-34-32-55(5-2)33-35-59)39-46-75(71)79(76)65-24-11-8-12-25-65/h4-5,7-16,20-47,50-53,56H,1-2,6,17-19,48-49H2,3H3. The van der Waals surface area contributed by atoms with Gasteiger partial charge in [0.25, 0.3) is 0 Å². The molecule has 0 radical (unpaired) electrons. The molecule has 1 aromatic heterocycles. The third-order valence-electron chi connectivity index (χ3n) is 17.1. The van der Waals surface area contributed by atoms with Crippen molar-refractivity contribution in [2.24, 2.45) is 5.92 Å².